The highest BCUT2D eigenvalue weighted by atomic mass is 79.9. The van der Waals surface area contributed by atoms with Crippen LogP contribution in [-0.2, 0) is 42.1 Å². The van der Waals surface area contributed by atoms with Crippen molar-refractivity contribution < 1.29 is 62.5 Å². The Labute approximate surface area is 678 Å². The van der Waals surface area contributed by atoms with Crippen molar-refractivity contribution in [1.29, 1.82) is 0 Å². The number of allylic oxidation sites excluding steroid dienone is 1. The van der Waals surface area contributed by atoms with E-state index in [0.717, 1.165) is 81.0 Å². The Morgan fingerprint density at radius 2 is 0.875 bits per heavy atom. The van der Waals surface area contributed by atoms with E-state index in [2.05, 4.69) is 128 Å². The summed E-state index contributed by atoms with van der Waals surface area (Å²) in [7, 11) is -2.15. The number of carbonyl (C=O) groups is 4. The number of carbonyl (C=O) groups excluding carboxylic acids is 4. The largest absolute Gasteiger partial charge is 0.508 e. The highest BCUT2D eigenvalue weighted by Gasteiger charge is 2.23. The number of rotatable bonds is 23. The predicted molar refractivity (Wildman–Crippen MR) is 445 cm³/mol. The van der Waals surface area contributed by atoms with E-state index in [-0.39, 0.29) is 61.2 Å². The summed E-state index contributed by atoms with van der Waals surface area (Å²) in [4.78, 5) is 64.4. The van der Waals surface area contributed by atoms with Crippen molar-refractivity contribution in [3.8, 4) is 68.9 Å². The SMILES string of the molecule is C.C[Si](C)(C)CCOCn1nccc1-c1ccc(O)cc1.C[Si](C)(C)CCOCn1nccc1-c1ccc(Oc2ccc(O[C@@H]3CCC(=O)NC3)nc2)cc1.Clc1ccc(Br)cn1.O=C1CC[C@@H](O)CN1.O=C1CC[C@@H](Oc2ccc(Br)cn2)CN1.O=C1CC[C@@H](Oc2ccc(Oc3ccc(C4=CC=NC4)cc3)cn2)CN1. The topological polar surface area (TPSA) is 321 Å². The molecular formula is C81H100Br2ClN13O13Si2. The third-order valence-corrected chi connectivity index (χ3v) is 21.6. The lowest BCUT2D eigenvalue weighted by Gasteiger charge is -2.22. The van der Waals surface area contributed by atoms with Crippen molar-refractivity contribution in [2.24, 2.45) is 4.99 Å². The fourth-order valence-electron chi connectivity index (χ4n) is 10.7. The predicted octanol–water partition coefficient (Wildman–Crippen LogP) is 15.2. The number of halogens is 3. The van der Waals surface area contributed by atoms with Gasteiger partial charge in [-0.15, -0.1) is 0 Å². The molecule has 112 heavy (non-hydrogen) atoms. The van der Waals surface area contributed by atoms with Crippen LogP contribution in [0.5, 0.6) is 46.4 Å². The molecule has 31 heteroatoms. The quantitative estimate of drug-likeness (QED) is 0.0197. The van der Waals surface area contributed by atoms with E-state index >= 15 is 0 Å². The number of aliphatic hydroxyl groups excluding tert-OH is 1. The molecule has 26 nitrogen and oxygen atoms in total. The van der Waals surface area contributed by atoms with Crippen LogP contribution in [0.25, 0.3) is 28.1 Å². The van der Waals surface area contributed by atoms with E-state index in [1.807, 2.05) is 119 Å². The molecule has 0 unspecified atom stereocenters. The van der Waals surface area contributed by atoms with Gasteiger partial charge in [-0.3, -0.25) is 24.2 Å². The number of pyridine rings is 4. The second kappa shape index (κ2) is 45.1. The van der Waals surface area contributed by atoms with Gasteiger partial charge in [-0.1, -0.05) is 70.4 Å². The second-order valence-electron chi connectivity index (χ2n) is 28.6. The Kier molecular flexibility index (Phi) is 35.4. The Balaban J connectivity index is 0.000000180. The van der Waals surface area contributed by atoms with Crippen LogP contribution >= 0.6 is 43.5 Å². The van der Waals surface area contributed by atoms with Crippen LogP contribution < -0.4 is 45.0 Å². The first-order chi connectivity index (χ1) is 53.4. The number of β-amino-alcohol motifs (C(OH)–C–C–N with tert-alkyl or cyclic N) is 1. The number of hydrogen-bond donors (Lipinski definition) is 6. The lowest BCUT2D eigenvalue weighted by Crippen LogP contribution is -2.40. The first kappa shape index (κ1) is 87.9. The number of aliphatic hydroxyl groups is 1. The summed E-state index contributed by atoms with van der Waals surface area (Å²) in [6.07, 6.45) is 18.4. The number of nitrogens with one attached hydrogen (secondary N) is 4. The second-order valence-corrected chi connectivity index (χ2v) is 42.1. The molecule has 0 spiro atoms. The molecule has 9 aromatic rings. The molecule has 6 N–H and O–H groups in total. The van der Waals surface area contributed by atoms with Crippen molar-refractivity contribution in [1.82, 2.24) is 60.8 Å². The molecule has 3 aromatic carbocycles. The summed E-state index contributed by atoms with van der Waals surface area (Å²) >= 11 is 12.0. The van der Waals surface area contributed by atoms with Crippen molar-refractivity contribution >= 4 is 95.0 Å². The molecule has 0 aliphatic carbocycles. The molecular weight excluding hydrogens is 1610 g/mol. The Morgan fingerprint density at radius 1 is 0.482 bits per heavy atom. The number of nitrogens with zero attached hydrogens (tertiary/aromatic N) is 9. The van der Waals surface area contributed by atoms with Crippen molar-refractivity contribution in [2.45, 2.75) is 148 Å². The number of aromatic nitrogens is 8. The van der Waals surface area contributed by atoms with Gasteiger partial charge in [0.15, 0.2) is 0 Å². The molecule has 5 aliphatic heterocycles. The smallest absolute Gasteiger partial charge is 0.220 e. The van der Waals surface area contributed by atoms with Gasteiger partial charge in [0.1, 0.15) is 65.7 Å². The first-order valence-corrected chi connectivity index (χ1v) is 46.1. The summed E-state index contributed by atoms with van der Waals surface area (Å²) in [5, 5.41) is 38.3. The van der Waals surface area contributed by atoms with E-state index in [0.29, 0.717) is 125 Å². The minimum Gasteiger partial charge on any atom is -0.508 e. The molecule has 4 saturated heterocycles. The minimum absolute atomic E-state index is 0. The number of piperidine rings is 4. The average molecular weight is 1720 g/mol. The molecule has 0 radical (unpaired) electrons. The number of aromatic hydroxyl groups is 1. The maximum absolute atomic E-state index is 11.3. The van der Waals surface area contributed by atoms with Crippen molar-refractivity contribution in [2.75, 3.05) is 45.9 Å². The summed E-state index contributed by atoms with van der Waals surface area (Å²) in [6, 6.07) is 43.6. The lowest BCUT2D eigenvalue weighted by molar-refractivity contribution is -0.124. The summed E-state index contributed by atoms with van der Waals surface area (Å²) < 4.78 is 46.2. The fourth-order valence-corrected chi connectivity index (χ4v) is 12.8. The van der Waals surface area contributed by atoms with Crippen LogP contribution in [0.2, 0.25) is 56.5 Å². The average Bonchev–Trinajstić information content (AvgIpc) is 1.06. The fraction of sp³-hybridized carbons (Fsp3) is 0.370. The van der Waals surface area contributed by atoms with E-state index in [4.69, 9.17) is 49.9 Å². The van der Waals surface area contributed by atoms with Crippen LogP contribution in [0.3, 0.4) is 0 Å². The molecule has 11 heterocycles. The van der Waals surface area contributed by atoms with Crippen LogP contribution in [0.4, 0.5) is 0 Å². The van der Waals surface area contributed by atoms with Gasteiger partial charge in [0.2, 0.25) is 41.3 Å². The van der Waals surface area contributed by atoms with Crippen molar-refractivity contribution in [3.05, 3.63) is 196 Å². The zero-order valence-corrected chi connectivity index (χ0v) is 69.0. The number of hydrogen-bond acceptors (Lipinski definition) is 20. The van der Waals surface area contributed by atoms with Gasteiger partial charge in [0.25, 0.3) is 0 Å². The number of phenolic OH excluding ortho intramolecular Hbond substituents is 1. The zero-order chi connectivity index (χ0) is 79.0. The number of amides is 4. The molecule has 14 rings (SSSR count). The molecule has 4 atom stereocenters. The Hall–Kier alpha value is -9.67. The summed E-state index contributed by atoms with van der Waals surface area (Å²) in [6.45, 7) is 19.3. The lowest BCUT2D eigenvalue weighted by atomic mass is 10.1. The first-order valence-electron chi connectivity index (χ1n) is 36.7. The highest BCUT2D eigenvalue weighted by molar-refractivity contribution is 9.10. The number of ether oxygens (including phenoxy) is 7. The van der Waals surface area contributed by atoms with Gasteiger partial charge in [-0.05, 0) is 190 Å². The van der Waals surface area contributed by atoms with Gasteiger partial charge < -0.3 is 64.6 Å². The van der Waals surface area contributed by atoms with Crippen LogP contribution in [0, 0.1) is 0 Å². The van der Waals surface area contributed by atoms with Crippen LogP contribution in [0.1, 0.15) is 64.4 Å². The van der Waals surface area contributed by atoms with Gasteiger partial charge in [-0.2, -0.15) is 10.2 Å². The summed E-state index contributed by atoms with van der Waals surface area (Å²) in [5.41, 5.74) is 6.42. The number of aliphatic imine (C=N–C) groups is 1. The highest BCUT2D eigenvalue weighted by Crippen LogP contribution is 2.30. The number of benzene rings is 3. The van der Waals surface area contributed by atoms with E-state index in [1.165, 1.54) is 5.57 Å². The maximum atomic E-state index is 11.3. The van der Waals surface area contributed by atoms with Crippen LogP contribution in [-0.4, -0.2) is 166 Å². The number of phenols is 1. The minimum atomic E-state index is -1.11. The molecule has 0 bridgehead atoms. The monoisotopic (exact) mass is 1710 g/mol. The van der Waals surface area contributed by atoms with E-state index in [9.17, 15) is 24.3 Å². The molecule has 5 aliphatic rings. The standard InChI is InChI=1S/C25H32N4O4Si.C20H19N3O3.C15H22N2O2Si.C10H11BrN2O2.C5H3BrClN.C5H9NO2.CH4/c1-34(2,3)15-14-31-18-29-23(12-13-28-29)19-4-6-20(7-5-19)32-21-9-11-25(27-17-21)33-22-8-10-24(30)26-16-22;24-19-7-5-18(12-22-19)26-20-8-6-17(13-23-20)25-16-3-1-14(2-4-16)15-9-10-21-11-15;1-20(2,3)11-10-19-12-17-15(8-9-16-17)13-4-6-14(18)7-5-13;11-7-1-4-10(13-5-7)15-8-2-3-9(14)12-6-8;6-4-1-2-5(7)8-3-4;7-4-1-2-5(8)6-3-4;/h4-7,9,11-13,17,22H,8,10,14-16,18H2,1-3H3,(H,26,30);1-4,6,8-10,13,18H,5,7,11-12H2,(H,22,24);4-9,18H,10-12H2,1-3H3;1,4-5,8H,2-3,6H2,(H,12,14);1-3H;4,7H,1-3H2,(H,6,8);1H4/t22-;18-;;8-;;4-;/m11.1.1./s1. The molecule has 4 fully saturated rings. The zero-order valence-electron chi connectivity index (χ0n) is 63.1. The normalized spacial score (nSPS) is 17.0. The van der Waals surface area contributed by atoms with Gasteiger partial charge in [0, 0.05) is 131 Å². The molecule has 0 saturated carbocycles. The molecule has 6 aromatic heterocycles. The maximum Gasteiger partial charge on any atom is 0.220 e. The van der Waals surface area contributed by atoms with Gasteiger partial charge in [-0.25, -0.2) is 29.3 Å². The van der Waals surface area contributed by atoms with Gasteiger partial charge in [0.05, 0.1) is 56.1 Å². The third-order valence-electron chi connectivity index (χ3n) is 17.1. The third kappa shape index (κ3) is 32.2. The summed E-state index contributed by atoms with van der Waals surface area (Å²) in [5.74, 6) is 4.93. The molecule has 596 valence electrons. The van der Waals surface area contributed by atoms with Crippen LogP contribution in [0.15, 0.2) is 191 Å². The Morgan fingerprint density at radius 3 is 1.21 bits per heavy atom. The Bertz CT molecular complexity index is 4360. The van der Waals surface area contributed by atoms with Crippen molar-refractivity contribution in [3.63, 3.8) is 0 Å². The molecule has 4 amide bonds. The van der Waals surface area contributed by atoms with E-state index in [1.54, 1.807) is 73.6 Å². The van der Waals surface area contributed by atoms with Gasteiger partial charge >= 0.3 is 0 Å². The van der Waals surface area contributed by atoms with E-state index < -0.39 is 16.1 Å².